The molecular formula is C13H19FN2. The normalized spacial score (nSPS) is 18.1. The van der Waals surface area contributed by atoms with E-state index in [2.05, 4.69) is 10.3 Å². The average molecular weight is 222 g/mol. The van der Waals surface area contributed by atoms with Crippen LogP contribution < -0.4 is 5.32 Å². The van der Waals surface area contributed by atoms with E-state index in [0.717, 1.165) is 18.2 Å². The standard InChI is InChI=1S/C13H19FN2/c14-13-8-7-12(10-16-13)15-9-11-5-3-1-2-4-6-11/h7-8,10-11,15H,1-6,9H2. The lowest BCUT2D eigenvalue weighted by molar-refractivity contribution is 0.483. The molecule has 0 aliphatic heterocycles. The van der Waals surface area contributed by atoms with Crippen molar-refractivity contribution in [3.63, 3.8) is 0 Å². The number of halogens is 1. The van der Waals surface area contributed by atoms with Gasteiger partial charge in [0, 0.05) is 6.54 Å². The topological polar surface area (TPSA) is 24.9 Å². The van der Waals surface area contributed by atoms with Crippen LogP contribution in [0.3, 0.4) is 0 Å². The largest absolute Gasteiger partial charge is 0.384 e. The maximum absolute atomic E-state index is 12.6. The highest BCUT2D eigenvalue weighted by Gasteiger charge is 2.11. The Morgan fingerprint density at radius 1 is 1.19 bits per heavy atom. The third-order valence-corrected chi connectivity index (χ3v) is 3.30. The van der Waals surface area contributed by atoms with Crippen molar-refractivity contribution in [3.8, 4) is 0 Å². The van der Waals surface area contributed by atoms with Gasteiger partial charge in [0.25, 0.3) is 0 Å². The number of hydrogen-bond acceptors (Lipinski definition) is 2. The van der Waals surface area contributed by atoms with Crippen molar-refractivity contribution < 1.29 is 4.39 Å². The molecule has 3 heteroatoms. The summed E-state index contributed by atoms with van der Waals surface area (Å²) in [6.07, 6.45) is 9.68. The number of anilines is 1. The summed E-state index contributed by atoms with van der Waals surface area (Å²) in [5.74, 6) is 0.354. The Morgan fingerprint density at radius 3 is 2.56 bits per heavy atom. The number of rotatable bonds is 3. The molecule has 1 saturated carbocycles. The second-order valence-electron chi connectivity index (χ2n) is 4.61. The fraction of sp³-hybridized carbons (Fsp3) is 0.615. The van der Waals surface area contributed by atoms with Crippen LogP contribution >= 0.6 is 0 Å². The van der Waals surface area contributed by atoms with Gasteiger partial charge >= 0.3 is 0 Å². The summed E-state index contributed by atoms with van der Waals surface area (Å²) in [5, 5.41) is 3.34. The van der Waals surface area contributed by atoms with Crippen LogP contribution in [0, 0.1) is 11.9 Å². The summed E-state index contributed by atoms with van der Waals surface area (Å²) < 4.78 is 12.6. The molecule has 1 fully saturated rings. The van der Waals surface area contributed by atoms with Crippen LogP contribution in [0.4, 0.5) is 10.1 Å². The van der Waals surface area contributed by atoms with Crippen molar-refractivity contribution in [2.45, 2.75) is 38.5 Å². The molecule has 1 aliphatic rings. The molecule has 1 aromatic rings. The van der Waals surface area contributed by atoms with Crippen molar-refractivity contribution in [3.05, 3.63) is 24.3 Å². The predicted octanol–water partition coefficient (Wildman–Crippen LogP) is 3.60. The lowest BCUT2D eigenvalue weighted by Gasteiger charge is -2.15. The zero-order valence-electron chi connectivity index (χ0n) is 9.58. The highest BCUT2D eigenvalue weighted by molar-refractivity contribution is 5.39. The number of hydrogen-bond donors (Lipinski definition) is 1. The van der Waals surface area contributed by atoms with E-state index in [-0.39, 0.29) is 0 Å². The first-order valence-corrected chi connectivity index (χ1v) is 6.20. The Bertz CT molecular complexity index is 302. The molecule has 0 atom stereocenters. The molecule has 0 amide bonds. The molecule has 2 nitrogen and oxygen atoms in total. The van der Waals surface area contributed by atoms with Gasteiger partial charge in [0.2, 0.25) is 5.95 Å². The van der Waals surface area contributed by atoms with E-state index in [1.165, 1.54) is 44.6 Å². The van der Waals surface area contributed by atoms with Crippen molar-refractivity contribution in [1.29, 1.82) is 0 Å². The van der Waals surface area contributed by atoms with Gasteiger partial charge in [-0.25, -0.2) is 4.98 Å². The molecule has 0 aromatic carbocycles. The highest BCUT2D eigenvalue weighted by Crippen LogP contribution is 2.23. The van der Waals surface area contributed by atoms with Crippen LogP contribution in [-0.4, -0.2) is 11.5 Å². The number of aromatic nitrogens is 1. The summed E-state index contributed by atoms with van der Waals surface area (Å²) in [6.45, 7) is 0.993. The van der Waals surface area contributed by atoms with Gasteiger partial charge in [0.15, 0.2) is 0 Å². The molecule has 1 aromatic heterocycles. The summed E-state index contributed by atoms with van der Waals surface area (Å²) in [6, 6.07) is 3.15. The Balaban J connectivity index is 1.79. The molecule has 0 spiro atoms. The minimum Gasteiger partial charge on any atom is -0.384 e. The van der Waals surface area contributed by atoms with Crippen LogP contribution in [-0.2, 0) is 0 Å². The van der Waals surface area contributed by atoms with E-state index >= 15 is 0 Å². The predicted molar refractivity (Wildman–Crippen MR) is 63.9 cm³/mol. The Morgan fingerprint density at radius 2 is 1.94 bits per heavy atom. The average Bonchev–Trinajstić information content (AvgIpc) is 2.57. The molecule has 1 heterocycles. The monoisotopic (exact) mass is 222 g/mol. The van der Waals surface area contributed by atoms with Gasteiger partial charge in [-0.3, -0.25) is 0 Å². The molecule has 0 saturated heterocycles. The molecule has 1 aliphatic carbocycles. The van der Waals surface area contributed by atoms with Gasteiger partial charge in [0.05, 0.1) is 11.9 Å². The summed E-state index contributed by atoms with van der Waals surface area (Å²) in [4.78, 5) is 3.63. The SMILES string of the molecule is Fc1ccc(NCC2CCCCCC2)cn1. The van der Waals surface area contributed by atoms with E-state index in [1.807, 2.05) is 0 Å². The van der Waals surface area contributed by atoms with Gasteiger partial charge < -0.3 is 5.32 Å². The van der Waals surface area contributed by atoms with Crippen molar-refractivity contribution in [1.82, 2.24) is 4.98 Å². The van der Waals surface area contributed by atoms with E-state index in [9.17, 15) is 4.39 Å². The quantitative estimate of drug-likeness (QED) is 0.624. The molecule has 88 valence electrons. The molecule has 0 bridgehead atoms. The first kappa shape index (κ1) is 11.4. The fourth-order valence-corrected chi connectivity index (χ4v) is 2.31. The zero-order valence-corrected chi connectivity index (χ0v) is 9.58. The first-order chi connectivity index (χ1) is 7.84. The zero-order chi connectivity index (χ0) is 11.2. The van der Waals surface area contributed by atoms with Crippen LogP contribution in [0.15, 0.2) is 18.3 Å². The van der Waals surface area contributed by atoms with Crippen molar-refractivity contribution >= 4 is 5.69 Å². The highest BCUT2D eigenvalue weighted by atomic mass is 19.1. The van der Waals surface area contributed by atoms with Gasteiger partial charge in [-0.1, -0.05) is 25.7 Å². The van der Waals surface area contributed by atoms with Crippen LogP contribution in [0.1, 0.15) is 38.5 Å². The second kappa shape index (κ2) is 5.83. The third-order valence-electron chi connectivity index (χ3n) is 3.30. The number of nitrogens with one attached hydrogen (secondary N) is 1. The Hall–Kier alpha value is -1.12. The summed E-state index contributed by atoms with van der Waals surface area (Å²) in [5.41, 5.74) is 0.922. The lowest BCUT2D eigenvalue weighted by Crippen LogP contribution is -2.13. The molecule has 2 rings (SSSR count). The summed E-state index contributed by atoms with van der Waals surface area (Å²) in [7, 11) is 0. The van der Waals surface area contributed by atoms with Crippen molar-refractivity contribution in [2.75, 3.05) is 11.9 Å². The maximum atomic E-state index is 12.6. The molecule has 1 N–H and O–H groups in total. The van der Waals surface area contributed by atoms with E-state index in [1.54, 1.807) is 12.3 Å². The second-order valence-corrected chi connectivity index (χ2v) is 4.61. The van der Waals surface area contributed by atoms with Crippen LogP contribution in [0.5, 0.6) is 0 Å². The van der Waals surface area contributed by atoms with E-state index in [0.29, 0.717) is 0 Å². The minimum absolute atomic E-state index is 0.417. The van der Waals surface area contributed by atoms with Gasteiger partial charge in [-0.15, -0.1) is 0 Å². The van der Waals surface area contributed by atoms with Gasteiger partial charge in [-0.2, -0.15) is 4.39 Å². The third kappa shape index (κ3) is 3.47. The Kier molecular flexibility index (Phi) is 4.14. The minimum atomic E-state index is -0.417. The lowest BCUT2D eigenvalue weighted by atomic mass is 10.0. The molecule has 0 radical (unpaired) electrons. The molecular weight excluding hydrogens is 203 g/mol. The Labute approximate surface area is 96.3 Å². The van der Waals surface area contributed by atoms with Crippen LogP contribution in [0.2, 0.25) is 0 Å². The van der Waals surface area contributed by atoms with E-state index in [4.69, 9.17) is 0 Å². The van der Waals surface area contributed by atoms with E-state index < -0.39 is 5.95 Å². The van der Waals surface area contributed by atoms with Crippen LogP contribution in [0.25, 0.3) is 0 Å². The number of pyridine rings is 1. The van der Waals surface area contributed by atoms with Gasteiger partial charge in [-0.05, 0) is 30.9 Å². The van der Waals surface area contributed by atoms with Crippen molar-refractivity contribution in [2.24, 2.45) is 5.92 Å². The molecule has 0 unspecified atom stereocenters. The number of nitrogens with zero attached hydrogens (tertiary/aromatic N) is 1. The smallest absolute Gasteiger partial charge is 0.212 e. The fourth-order valence-electron chi connectivity index (χ4n) is 2.31. The first-order valence-electron chi connectivity index (χ1n) is 6.20. The summed E-state index contributed by atoms with van der Waals surface area (Å²) >= 11 is 0. The van der Waals surface area contributed by atoms with Gasteiger partial charge in [0.1, 0.15) is 0 Å². The maximum Gasteiger partial charge on any atom is 0.212 e. The molecule has 16 heavy (non-hydrogen) atoms.